The number of carbonyl (C=O) groups excluding carboxylic acids is 1. The molecule has 0 aromatic carbocycles. The molecule has 1 amide bonds. The molecule has 0 aliphatic carbocycles. The average molecular weight is 235 g/mol. The minimum absolute atomic E-state index is 0.0159. The van der Waals surface area contributed by atoms with Crippen LogP contribution in [0.4, 0.5) is 11.6 Å². The molecule has 6 heteroatoms. The van der Waals surface area contributed by atoms with Crippen LogP contribution >= 0.6 is 0 Å². The molecule has 1 fully saturated rings. The maximum absolute atomic E-state index is 11.0. The largest absolute Gasteiger partial charge is 0.354 e. The molecule has 4 N–H and O–H groups in total. The van der Waals surface area contributed by atoms with Crippen molar-refractivity contribution in [1.29, 1.82) is 0 Å². The van der Waals surface area contributed by atoms with Crippen molar-refractivity contribution in [3.05, 3.63) is 18.2 Å². The van der Waals surface area contributed by atoms with Gasteiger partial charge in [-0.05, 0) is 18.6 Å². The van der Waals surface area contributed by atoms with E-state index in [9.17, 15) is 4.79 Å². The van der Waals surface area contributed by atoms with Gasteiger partial charge in [-0.15, -0.1) is 0 Å². The number of amides is 1. The molecule has 0 bridgehead atoms. The van der Waals surface area contributed by atoms with Crippen LogP contribution in [0, 0.1) is 0 Å². The highest BCUT2D eigenvalue weighted by Crippen LogP contribution is 2.19. The Morgan fingerprint density at radius 2 is 2.41 bits per heavy atom. The normalized spacial score (nSPS) is 19.2. The van der Waals surface area contributed by atoms with Crippen LogP contribution in [0.2, 0.25) is 0 Å². The second-order valence-electron chi connectivity index (χ2n) is 4.16. The molecule has 1 saturated heterocycles. The van der Waals surface area contributed by atoms with E-state index in [2.05, 4.69) is 20.6 Å². The van der Waals surface area contributed by atoms with Gasteiger partial charge >= 0.3 is 0 Å². The predicted octanol–water partition coefficient (Wildman–Crippen LogP) is 0.0820. The molecule has 1 aliphatic heterocycles. The first-order valence-electron chi connectivity index (χ1n) is 5.65. The fourth-order valence-electron chi connectivity index (χ4n) is 2.05. The predicted molar refractivity (Wildman–Crippen MR) is 66.5 cm³/mol. The standard InChI is InChI=1S/C11H17N5O/c1-8(17)13-9-5-6-16(7-9)11-4-2-3-10(14-11)15-12/h2-4,9H,5-7,12H2,1H3,(H,13,17)(H,14,15). The minimum Gasteiger partial charge on any atom is -0.354 e. The Morgan fingerprint density at radius 1 is 1.59 bits per heavy atom. The monoisotopic (exact) mass is 235 g/mol. The third-order valence-corrected chi connectivity index (χ3v) is 2.80. The number of nitrogens with one attached hydrogen (secondary N) is 2. The van der Waals surface area contributed by atoms with Crippen molar-refractivity contribution < 1.29 is 4.79 Å². The molecule has 1 unspecified atom stereocenters. The molecule has 92 valence electrons. The number of nitrogen functional groups attached to an aromatic ring is 1. The molecule has 0 spiro atoms. The SMILES string of the molecule is CC(=O)NC1CCN(c2cccc(NN)n2)C1. The van der Waals surface area contributed by atoms with Crippen molar-refractivity contribution in [1.82, 2.24) is 10.3 Å². The molecule has 2 heterocycles. The fraction of sp³-hybridized carbons (Fsp3) is 0.455. The molecule has 1 aliphatic rings. The number of pyridine rings is 1. The number of hydrogen-bond donors (Lipinski definition) is 3. The third kappa shape index (κ3) is 2.85. The van der Waals surface area contributed by atoms with E-state index in [-0.39, 0.29) is 11.9 Å². The van der Waals surface area contributed by atoms with Crippen molar-refractivity contribution in [3.8, 4) is 0 Å². The Hall–Kier alpha value is -1.82. The molecule has 17 heavy (non-hydrogen) atoms. The lowest BCUT2D eigenvalue weighted by atomic mass is 10.3. The average Bonchev–Trinajstić information content (AvgIpc) is 2.77. The van der Waals surface area contributed by atoms with E-state index in [0.717, 1.165) is 25.3 Å². The summed E-state index contributed by atoms with van der Waals surface area (Å²) in [5.74, 6) is 6.87. The molecule has 0 saturated carbocycles. The van der Waals surface area contributed by atoms with Gasteiger partial charge in [0.25, 0.3) is 0 Å². The summed E-state index contributed by atoms with van der Waals surface area (Å²) in [6, 6.07) is 5.87. The van der Waals surface area contributed by atoms with E-state index in [1.165, 1.54) is 0 Å². The quantitative estimate of drug-likeness (QED) is 0.510. The van der Waals surface area contributed by atoms with E-state index in [1.807, 2.05) is 18.2 Å². The number of rotatable bonds is 3. The van der Waals surface area contributed by atoms with Gasteiger partial charge in [0.2, 0.25) is 5.91 Å². The van der Waals surface area contributed by atoms with Gasteiger partial charge in [0.15, 0.2) is 0 Å². The second kappa shape index (κ2) is 5.01. The van der Waals surface area contributed by atoms with Crippen molar-refractivity contribution in [2.45, 2.75) is 19.4 Å². The van der Waals surface area contributed by atoms with Gasteiger partial charge in [0.1, 0.15) is 11.6 Å². The van der Waals surface area contributed by atoms with Crippen LogP contribution in [0.1, 0.15) is 13.3 Å². The summed E-state index contributed by atoms with van der Waals surface area (Å²) < 4.78 is 0. The highest BCUT2D eigenvalue weighted by molar-refractivity contribution is 5.73. The van der Waals surface area contributed by atoms with Gasteiger partial charge in [-0.25, -0.2) is 10.8 Å². The first-order chi connectivity index (χ1) is 8.19. The Labute approximate surface area is 100 Å². The minimum atomic E-state index is 0.0159. The Kier molecular flexibility index (Phi) is 3.43. The van der Waals surface area contributed by atoms with Crippen LogP contribution in [0.3, 0.4) is 0 Å². The smallest absolute Gasteiger partial charge is 0.217 e. The maximum Gasteiger partial charge on any atom is 0.217 e. The highest BCUT2D eigenvalue weighted by atomic mass is 16.1. The van der Waals surface area contributed by atoms with Gasteiger partial charge < -0.3 is 15.6 Å². The summed E-state index contributed by atoms with van der Waals surface area (Å²) in [6.45, 7) is 3.23. The molecular formula is C11H17N5O. The van der Waals surface area contributed by atoms with E-state index in [1.54, 1.807) is 6.92 Å². The Bertz CT molecular complexity index is 409. The maximum atomic E-state index is 11.0. The van der Waals surface area contributed by atoms with Crippen LogP contribution in [0.25, 0.3) is 0 Å². The topological polar surface area (TPSA) is 83.3 Å². The van der Waals surface area contributed by atoms with Gasteiger partial charge in [-0.2, -0.15) is 0 Å². The summed E-state index contributed by atoms with van der Waals surface area (Å²) in [5, 5.41) is 2.92. The Morgan fingerprint density at radius 3 is 3.12 bits per heavy atom. The van der Waals surface area contributed by atoms with Crippen LogP contribution in [0.5, 0.6) is 0 Å². The fourth-order valence-corrected chi connectivity index (χ4v) is 2.05. The van der Waals surface area contributed by atoms with Crippen LogP contribution in [-0.2, 0) is 4.79 Å². The molecular weight excluding hydrogens is 218 g/mol. The number of hydrazine groups is 1. The number of nitrogens with two attached hydrogens (primary N) is 1. The molecule has 1 aromatic heterocycles. The van der Waals surface area contributed by atoms with E-state index >= 15 is 0 Å². The summed E-state index contributed by atoms with van der Waals surface area (Å²) in [7, 11) is 0. The third-order valence-electron chi connectivity index (χ3n) is 2.80. The zero-order chi connectivity index (χ0) is 12.3. The first kappa shape index (κ1) is 11.7. The number of nitrogens with zero attached hydrogens (tertiary/aromatic N) is 2. The Balaban J connectivity index is 2.01. The van der Waals surface area contributed by atoms with Gasteiger partial charge in [-0.3, -0.25) is 4.79 Å². The van der Waals surface area contributed by atoms with E-state index < -0.39 is 0 Å². The summed E-state index contributed by atoms with van der Waals surface area (Å²) in [4.78, 5) is 17.5. The van der Waals surface area contributed by atoms with Crippen molar-refractivity contribution in [3.63, 3.8) is 0 Å². The molecule has 1 aromatic rings. The van der Waals surface area contributed by atoms with Crippen molar-refractivity contribution in [2.24, 2.45) is 5.84 Å². The summed E-state index contributed by atoms with van der Waals surface area (Å²) in [6.07, 6.45) is 0.946. The highest BCUT2D eigenvalue weighted by Gasteiger charge is 2.23. The second-order valence-corrected chi connectivity index (χ2v) is 4.16. The molecule has 1 atom stereocenters. The lowest BCUT2D eigenvalue weighted by Crippen LogP contribution is -2.35. The van der Waals surface area contributed by atoms with Crippen molar-refractivity contribution >= 4 is 17.5 Å². The number of aromatic nitrogens is 1. The first-order valence-corrected chi connectivity index (χ1v) is 5.65. The van der Waals surface area contributed by atoms with Gasteiger partial charge in [0, 0.05) is 26.1 Å². The van der Waals surface area contributed by atoms with Gasteiger partial charge in [-0.1, -0.05) is 6.07 Å². The molecule has 0 radical (unpaired) electrons. The summed E-state index contributed by atoms with van der Waals surface area (Å²) in [5.41, 5.74) is 2.53. The lowest BCUT2D eigenvalue weighted by Gasteiger charge is -2.18. The van der Waals surface area contributed by atoms with Crippen molar-refractivity contribution in [2.75, 3.05) is 23.4 Å². The number of hydrogen-bond acceptors (Lipinski definition) is 5. The lowest BCUT2D eigenvalue weighted by molar-refractivity contribution is -0.119. The van der Waals surface area contributed by atoms with Crippen LogP contribution in [0.15, 0.2) is 18.2 Å². The summed E-state index contributed by atoms with van der Waals surface area (Å²) >= 11 is 0. The van der Waals surface area contributed by atoms with Crippen LogP contribution < -0.4 is 21.5 Å². The molecule has 2 rings (SSSR count). The molecule has 6 nitrogen and oxygen atoms in total. The van der Waals surface area contributed by atoms with Crippen LogP contribution in [-0.4, -0.2) is 30.0 Å². The van der Waals surface area contributed by atoms with E-state index in [4.69, 9.17) is 5.84 Å². The number of carbonyl (C=O) groups is 1. The van der Waals surface area contributed by atoms with E-state index in [0.29, 0.717) is 5.82 Å². The zero-order valence-electron chi connectivity index (χ0n) is 9.81. The zero-order valence-corrected chi connectivity index (χ0v) is 9.81. The van der Waals surface area contributed by atoms with Gasteiger partial charge in [0.05, 0.1) is 0 Å². The number of anilines is 2.